The molecule has 0 spiro atoms. The number of furan rings is 1. The van der Waals surface area contributed by atoms with Crippen molar-refractivity contribution in [1.82, 2.24) is 5.32 Å². The first-order valence-electron chi connectivity index (χ1n) is 6.55. The number of amides is 1. The van der Waals surface area contributed by atoms with Crippen LogP contribution in [0.25, 0.3) is 0 Å². The average Bonchev–Trinajstić information content (AvgIpc) is 2.94. The van der Waals surface area contributed by atoms with Gasteiger partial charge in [0.25, 0.3) is 5.91 Å². The highest BCUT2D eigenvalue weighted by atomic mass is 19.1. The van der Waals surface area contributed by atoms with Crippen molar-refractivity contribution in [2.24, 2.45) is 0 Å². The first-order chi connectivity index (χ1) is 9.99. The fourth-order valence-electron chi connectivity index (χ4n) is 1.96. The Morgan fingerprint density at radius 3 is 2.81 bits per heavy atom. The minimum Gasteiger partial charge on any atom is -0.469 e. The molecule has 0 fully saturated rings. The standard InChI is InChI=1S/C15H16F2N2O2/c1-9(4-5-10-3-2-8-21-10)19-15(20)13-11(16)6-7-12(18)14(13)17/h2-3,6-9H,4-5,18H2,1H3,(H,19,20). The molecule has 1 aromatic carbocycles. The van der Waals surface area contributed by atoms with Crippen LogP contribution in [0.5, 0.6) is 0 Å². The van der Waals surface area contributed by atoms with Gasteiger partial charge in [-0.1, -0.05) is 0 Å². The summed E-state index contributed by atoms with van der Waals surface area (Å²) in [7, 11) is 0. The van der Waals surface area contributed by atoms with E-state index >= 15 is 0 Å². The minimum atomic E-state index is -1.04. The van der Waals surface area contributed by atoms with Crippen LogP contribution in [0.2, 0.25) is 0 Å². The van der Waals surface area contributed by atoms with E-state index < -0.39 is 23.1 Å². The number of hydrogen-bond acceptors (Lipinski definition) is 3. The van der Waals surface area contributed by atoms with Crippen LogP contribution in [-0.2, 0) is 6.42 Å². The summed E-state index contributed by atoms with van der Waals surface area (Å²) in [5.74, 6) is -2.00. The normalized spacial score (nSPS) is 12.1. The molecule has 1 heterocycles. The lowest BCUT2D eigenvalue weighted by molar-refractivity contribution is 0.0929. The van der Waals surface area contributed by atoms with Crippen molar-refractivity contribution in [3.63, 3.8) is 0 Å². The van der Waals surface area contributed by atoms with E-state index in [1.54, 1.807) is 19.3 Å². The Balaban J connectivity index is 1.99. The molecular formula is C15H16F2N2O2. The van der Waals surface area contributed by atoms with Crippen LogP contribution in [0, 0.1) is 11.6 Å². The SMILES string of the molecule is CC(CCc1ccco1)NC(=O)c1c(F)ccc(N)c1F. The molecule has 1 atom stereocenters. The number of aryl methyl sites for hydroxylation is 1. The van der Waals surface area contributed by atoms with Crippen molar-refractivity contribution >= 4 is 11.6 Å². The predicted octanol–water partition coefficient (Wildman–Crippen LogP) is 2.89. The number of hydrogen-bond donors (Lipinski definition) is 2. The van der Waals surface area contributed by atoms with E-state index in [4.69, 9.17) is 10.2 Å². The highest BCUT2D eigenvalue weighted by Gasteiger charge is 2.20. The Bertz CT molecular complexity index is 627. The van der Waals surface area contributed by atoms with Gasteiger partial charge in [-0.25, -0.2) is 8.78 Å². The molecule has 2 aromatic rings. The molecule has 1 aromatic heterocycles. The zero-order valence-electron chi connectivity index (χ0n) is 11.5. The van der Waals surface area contributed by atoms with Gasteiger partial charge in [0.1, 0.15) is 17.1 Å². The number of nitrogen functional groups attached to an aromatic ring is 1. The molecule has 1 amide bonds. The first kappa shape index (κ1) is 15.0. The lowest BCUT2D eigenvalue weighted by atomic mass is 10.1. The molecule has 0 saturated heterocycles. The number of nitrogens with two attached hydrogens (primary N) is 1. The van der Waals surface area contributed by atoms with E-state index in [9.17, 15) is 13.6 Å². The summed E-state index contributed by atoms with van der Waals surface area (Å²) in [5, 5.41) is 2.55. The third kappa shape index (κ3) is 3.59. The van der Waals surface area contributed by atoms with E-state index in [-0.39, 0.29) is 11.7 Å². The number of anilines is 1. The minimum absolute atomic E-state index is 0.259. The Kier molecular flexibility index (Phi) is 4.57. The maximum Gasteiger partial charge on any atom is 0.257 e. The number of benzene rings is 1. The molecule has 1 unspecified atom stereocenters. The molecular weight excluding hydrogens is 278 g/mol. The van der Waals surface area contributed by atoms with E-state index in [0.29, 0.717) is 12.8 Å². The van der Waals surface area contributed by atoms with E-state index in [2.05, 4.69) is 5.32 Å². The quantitative estimate of drug-likeness (QED) is 0.833. The summed E-state index contributed by atoms with van der Waals surface area (Å²) in [6.07, 6.45) is 2.78. The topological polar surface area (TPSA) is 68.3 Å². The van der Waals surface area contributed by atoms with Gasteiger partial charge in [-0.05, 0) is 37.6 Å². The van der Waals surface area contributed by atoms with Crippen molar-refractivity contribution in [3.8, 4) is 0 Å². The molecule has 0 radical (unpaired) electrons. The third-order valence-corrected chi connectivity index (χ3v) is 3.13. The molecule has 112 valence electrons. The van der Waals surface area contributed by atoms with Gasteiger partial charge in [0.05, 0.1) is 12.0 Å². The summed E-state index contributed by atoms with van der Waals surface area (Å²) >= 11 is 0. The van der Waals surface area contributed by atoms with Gasteiger partial charge in [0.2, 0.25) is 0 Å². The lowest BCUT2D eigenvalue weighted by Crippen LogP contribution is -2.34. The van der Waals surface area contributed by atoms with Crippen molar-refractivity contribution in [3.05, 3.63) is 53.5 Å². The Hall–Kier alpha value is -2.37. The highest BCUT2D eigenvalue weighted by molar-refractivity contribution is 5.95. The zero-order valence-corrected chi connectivity index (χ0v) is 11.5. The van der Waals surface area contributed by atoms with E-state index in [0.717, 1.165) is 17.9 Å². The largest absolute Gasteiger partial charge is 0.469 e. The number of halogens is 2. The van der Waals surface area contributed by atoms with Gasteiger partial charge in [-0.15, -0.1) is 0 Å². The summed E-state index contributed by atoms with van der Waals surface area (Å²) in [6.45, 7) is 1.75. The van der Waals surface area contributed by atoms with Crippen molar-refractivity contribution < 1.29 is 18.0 Å². The van der Waals surface area contributed by atoms with Crippen LogP contribution in [0.15, 0.2) is 34.9 Å². The molecule has 0 bridgehead atoms. The van der Waals surface area contributed by atoms with Gasteiger partial charge in [-0.2, -0.15) is 0 Å². The highest BCUT2D eigenvalue weighted by Crippen LogP contribution is 2.18. The summed E-state index contributed by atoms with van der Waals surface area (Å²) in [6, 6.07) is 5.40. The summed E-state index contributed by atoms with van der Waals surface area (Å²) in [4.78, 5) is 11.9. The molecule has 3 N–H and O–H groups in total. The van der Waals surface area contributed by atoms with Gasteiger partial charge >= 0.3 is 0 Å². The van der Waals surface area contributed by atoms with Crippen molar-refractivity contribution in [1.29, 1.82) is 0 Å². The first-order valence-corrected chi connectivity index (χ1v) is 6.55. The molecule has 21 heavy (non-hydrogen) atoms. The fourth-order valence-corrected chi connectivity index (χ4v) is 1.96. The smallest absolute Gasteiger partial charge is 0.257 e. The zero-order chi connectivity index (χ0) is 15.4. The molecule has 2 rings (SSSR count). The summed E-state index contributed by atoms with van der Waals surface area (Å²) in [5.41, 5.74) is 4.43. The van der Waals surface area contributed by atoms with Crippen LogP contribution in [0.1, 0.15) is 29.5 Å². The predicted molar refractivity (Wildman–Crippen MR) is 74.7 cm³/mol. The third-order valence-electron chi connectivity index (χ3n) is 3.13. The second-order valence-electron chi connectivity index (χ2n) is 4.82. The Morgan fingerprint density at radius 1 is 1.38 bits per heavy atom. The van der Waals surface area contributed by atoms with Gasteiger partial charge in [0.15, 0.2) is 5.82 Å². The Labute approximate surface area is 120 Å². The van der Waals surface area contributed by atoms with Crippen LogP contribution in [-0.4, -0.2) is 11.9 Å². The number of rotatable bonds is 5. The van der Waals surface area contributed by atoms with Crippen molar-refractivity contribution in [2.45, 2.75) is 25.8 Å². The van der Waals surface area contributed by atoms with Gasteiger partial charge in [0, 0.05) is 12.5 Å². The number of nitrogens with one attached hydrogen (secondary N) is 1. The molecule has 0 aliphatic carbocycles. The molecule has 0 aliphatic rings. The van der Waals surface area contributed by atoms with Crippen LogP contribution < -0.4 is 11.1 Å². The molecule has 4 nitrogen and oxygen atoms in total. The number of carbonyl (C=O) groups excluding carboxylic acids is 1. The van der Waals surface area contributed by atoms with Crippen LogP contribution in [0.3, 0.4) is 0 Å². The van der Waals surface area contributed by atoms with Crippen LogP contribution in [0.4, 0.5) is 14.5 Å². The average molecular weight is 294 g/mol. The maximum absolute atomic E-state index is 13.7. The van der Waals surface area contributed by atoms with Crippen LogP contribution >= 0.6 is 0 Å². The van der Waals surface area contributed by atoms with E-state index in [1.807, 2.05) is 6.07 Å². The number of carbonyl (C=O) groups is 1. The van der Waals surface area contributed by atoms with Gasteiger partial charge < -0.3 is 15.5 Å². The molecule has 6 heteroatoms. The van der Waals surface area contributed by atoms with Gasteiger partial charge in [-0.3, -0.25) is 4.79 Å². The molecule has 0 saturated carbocycles. The maximum atomic E-state index is 13.7. The van der Waals surface area contributed by atoms with Crippen molar-refractivity contribution in [2.75, 3.05) is 5.73 Å². The summed E-state index contributed by atoms with van der Waals surface area (Å²) < 4.78 is 32.5. The second-order valence-corrected chi connectivity index (χ2v) is 4.82. The van der Waals surface area contributed by atoms with E-state index in [1.165, 1.54) is 0 Å². The lowest BCUT2D eigenvalue weighted by Gasteiger charge is -2.14. The second kappa shape index (κ2) is 6.39. The fraction of sp³-hybridized carbons (Fsp3) is 0.267. The Morgan fingerprint density at radius 2 is 2.14 bits per heavy atom. The molecule has 0 aliphatic heterocycles. The monoisotopic (exact) mass is 294 g/mol.